The van der Waals surface area contributed by atoms with Crippen LogP contribution in [-0.2, 0) is 36.0 Å². The van der Waals surface area contributed by atoms with Gasteiger partial charge in [-0.1, -0.05) is 24.2 Å². The van der Waals surface area contributed by atoms with Crippen LogP contribution in [0.4, 0.5) is 5.00 Å². The van der Waals surface area contributed by atoms with Gasteiger partial charge in [0.1, 0.15) is 10.8 Å². The number of nitrogens with one attached hydrogen (secondary N) is 2. The maximum Gasteiger partial charge on any atom is 0.341 e. The number of aromatic nitrogens is 3. The summed E-state index contributed by atoms with van der Waals surface area (Å²) in [6.07, 6.45) is 4.96. The molecule has 0 saturated heterocycles. The molecule has 12 heteroatoms. The van der Waals surface area contributed by atoms with Gasteiger partial charge in [-0.3, -0.25) is 9.59 Å². The summed E-state index contributed by atoms with van der Waals surface area (Å²) in [5, 5.41) is 15.2. The quantitative estimate of drug-likeness (QED) is 0.218. The summed E-state index contributed by atoms with van der Waals surface area (Å²) in [4.78, 5) is 39.2. The molecule has 0 bridgehead atoms. The fraction of sp³-hybridized carbons (Fsp3) is 0.423. The molecule has 0 fully saturated rings. The van der Waals surface area contributed by atoms with E-state index in [9.17, 15) is 14.4 Å². The van der Waals surface area contributed by atoms with Crippen molar-refractivity contribution >= 4 is 45.9 Å². The molecule has 0 atom stereocenters. The Kier molecular flexibility index (Phi) is 9.40. The number of amides is 2. The fourth-order valence-electron chi connectivity index (χ4n) is 4.19. The van der Waals surface area contributed by atoms with E-state index in [1.165, 1.54) is 23.1 Å². The number of rotatable bonds is 10. The summed E-state index contributed by atoms with van der Waals surface area (Å²) in [5.74, 6) is 0.355. The van der Waals surface area contributed by atoms with E-state index in [0.29, 0.717) is 32.9 Å². The van der Waals surface area contributed by atoms with Gasteiger partial charge in [0.15, 0.2) is 11.0 Å². The molecule has 1 aliphatic rings. The standard InChI is InChI=1S/C26H31N5O5S2/c1-4-36-25(34)22-18-11-6-5-7-12-19(18)38-24(22)28-21(32)15-37-26-30-29-20(31(26)2)14-27-23(33)16-9-8-10-17(13-16)35-3/h8-10,13H,4-7,11-12,14-15H2,1-3H3,(H,27,33)(H,28,32). The van der Waals surface area contributed by atoms with Crippen molar-refractivity contribution < 1.29 is 23.9 Å². The molecule has 202 valence electrons. The van der Waals surface area contributed by atoms with Crippen molar-refractivity contribution in [1.29, 1.82) is 0 Å². The molecule has 2 aromatic heterocycles. The molecule has 0 spiro atoms. The highest BCUT2D eigenvalue weighted by Gasteiger charge is 2.26. The van der Waals surface area contributed by atoms with E-state index in [4.69, 9.17) is 9.47 Å². The molecule has 0 aliphatic heterocycles. The highest BCUT2D eigenvalue weighted by Crippen LogP contribution is 2.38. The SMILES string of the molecule is CCOC(=O)c1c(NC(=O)CSc2nnc(CNC(=O)c3cccc(OC)c3)n2C)sc2c1CCCCC2. The summed E-state index contributed by atoms with van der Waals surface area (Å²) in [6, 6.07) is 6.88. The van der Waals surface area contributed by atoms with Crippen molar-refractivity contribution in [2.75, 3.05) is 24.8 Å². The number of ether oxygens (including phenoxy) is 2. The number of hydrogen-bond donors (Lipinski definition) is 2. The largest absolute Gasteiger partial charge is 0.497 e. The van der Waals surface area contributed by atoms with Crippen LogP contribution in [0.5, 0.6) is 5.75 Å². The number of benzene rings is 1. The maximum atomic E-state index is 12.8. The van der Waals surface area contributed by atoms with E-state index in [2.05, 4.69) is 20.8 Å². The van der Waals surface area contributed by atoms with Crippen LogP contribution in [0.15, 0.2) is 29.4 Å². The van der Waals surface area contributed by atoms with E-state index in [-0.39, 0.29) is 36.7 Å². The monoisotopic (exact) mass is 557 g/mol. The van der Waals surface area contributed by atoms with Gasteiger partial charge < -0.3 is 24.7 Å². The summed E-state index contributed by atoms with van der Waals surface area (Å²) in [5.41, 5.74) is 1.99. The molecule has 1 aromatic carbocycles. The number of thiophene rings is 1. The summed E-state index contributed by atoms with van der Waals surface area (Å²) < 4.78 is 12.2. The van der Waals surface area contributed by atoms with E-state index < -0.39 is 0 Å². The van der Waals surface area contributed by atoms with Crippen LogP contribution in [-0.4, -0.2) is 52.0 Å². The Morgan fingerprint density at radius 1 is 1.16 bits per heavy atom. The molecule has 1 aliphatic carbocycles. The number of thioether (sulfide) groups is 1. The minimum atomic E-state index is -0.385. The highest BCUT2D eigenvalue weighted by molar-refractivity contribution is 7.99. The van der Waals surface area contributed by atoms with E-state index >= 15 is 0 Å². The Morgan fingerprint density at radius 3 is 2.76 bits per heavy atom. The normalized spacial score (nSPS) is 12.8. The van der Waals surface area contributed by atoms with Crippen LogP contribution in [0.3, 0.4) is 0 Å². The third-order valence-corrected chi connectivity index (χ3v) is 8.38. The van der Waals surface area contributed by atoms with Crippen LogP contribution < -0.4 is 15.4 Å². The maximum absolute atomic E-state index is 12.8. The highest BCUT2D eigenvalue weighted by atomic mass is 32.2. The first kappa shape index (κ1) is 27.6. The van der Waals surface area contributed by atoms with Crippen molar-refractivity contribution in [2.45, 2.75) is 50.7 Å². The molecule has 2 heterocycles. The molecular formula is C26H31N5O5S2. The van der Waals surface area contributed by atoms with Gasteiger partial charge in [0.2, 0.25) is 5.91 Å². The molecule has 38 heavy (non-hydrogen) atoms. The molecule has 0 radical (unpaired) electrons. The number of aryl methyl sites for hydroxylation is 1. The van der Waals surface area contributed by atoms with Crippen LogP contribution in [0.1, 0.15) is 63.2 Å². The lowest BCUT2D eigenvalue weighted by Gasteiger charge is -2.09. The smallest absolute Gasteiger partial charge is 0.341 e. The third kappa shape index (κ3) is 6.54. The molecule has 2 N–H and O–H groups in total. The first-order chi connectivity index (χ1) is 18.4. The third-order valence-electron chi connectivity index (χ3n) is 6.15. The van der Waals surface area contributed by atoms with Gasteiger partial charge >= 0.3 is 5.97 Å². The van der Waals surface area contributed by atoms with Crippen molar-refractivity contribution in [1.82, 2.24) is 20.1 Å². The van der Waals surface area contributed by atoms with Crippen molar-refractivity contribution in [3.05, 3.63) is 51.7 Å². The number of carbonyl (C=O) groups excluding carboxylic acids is 3. The Labute approximate surface area is 229 Å². The number of anilines is 1. The van der Waals surface area contributed by atoms with Gasteiger partial charge in [-0.15, -0.1) is 21.5 Å². The molecule has 0 unspecified atom stereocenters. The van der Waals surface area contributed by atoms with Crippen LogP contribution in [0, 0.1) is 0 Å². The Morgan fingerprint density at radius 2 is 1.97 bits per heavy atom. The summed E-state index contributed by atoms with van der Waals surface area (Å²) in [7, 11) is 3.33. The second-order valence-corrected chi connectivity index (χ2v) is 10.7. The average Bonchev–Trinajstić information content (AvgIpc) is 3.35. The first-order valence-electron chi connectivity index (χ1n) is 12.5. The zero-order valence-corrected chi connectivity index (χ0v) is 23.3. The Hall–Kier alpha value is -3.38. The predicted octanol–water partition coefficient (Wildman–Crippen LogP) is 3.99. The molecule has 10 nitrogen and oxygen atoms in total. The van der Waals surface area contributed by atoms with Gasteiger partial charge in [0.25, 0.3) is 5.91 Å². The summed E-state index contributed by atoms with van der Waals surface area (Å²) >= 11 is 2.70. The molecule has 3 aromatic rings. The van der Waals surface area contributed by atoms with Gasteiger partial charge in [-0.05, 0) is 56.4 Å². The van der Waals surface area contributed by atoms with E-state index in [0.717, 1.165) is 42.5 Å². The lowest BCUT2D eigenvalue weighted by atomic mass is 10.1. The zero-order chi connectivity index (χ0) is 27.1. The minimum absolute atomic E-state index is 0.0903. The fourth-order valence-corrected chi connectivity index (χ4v) is 6.22. The number of methoxy groups -OCH3 is 1. The Balaban J connectivity index is 1.36. The first-order valence-corrected chi connectivity index (χ1v) is 14.3. The molecule has 4 rings (SSSR count). The van der Waals surface area contributed by atoms with Gasteiger partial charge in [0, 0.05) is 17.5 Å². The van der Waals surface area contributed by atoms with Crippen molar-refractivity contribution in [2.24, 2.45) is 7.05 Å². The lowest BCUT2D eigenvalue weighted by Crippen LogP contribution is -2.24. The second kappa shape index (κ2) is 12.9. The average molecular weight is 558 g/mol. The molecule has 2 amide bonds. The second-order valence-electron chi connectivity index (χ2n) is 8.70. The van der Waals surface area contributed by atoms with E-state index in [1.807, 2.05) is 0 Å². The number of hydrogen-bond acceptors (Lipinski definition) is 9. The van der Waals surface area contributed by atoms with Crippen molar-refractivity contribution in [3.63, 3.8) is 0 Å². The van der Waals surface area contributed by atoms with Gasteiger partial charge in [-0.25, -0.2) is 4.79 Å². The topological polar surface area (TPSA) is 124 Å². The zero-order valence-electron chi connectivity index (χ0n) is 21.7. The number of carbonyl (C=O) groups is 3. The van der Waals surface area contributed by atoms with Gasteiger partial charge in [0.05, 0.1) is 31.6 Å². The van der Waals surface area contributed by atoms with Crippen LogP contribution >= 0.6 is 23.1 Å². The number of fused-ring (bicyclic) bond motifs is 1. The number of esters is 1. The molecule has 0 saturated carbocycles. The van der Waals surface area contributed by atoms with Gasteiger partial charge in [-0.2, -0.15) is 0 Å². The molecular weight excluding hydrogens is 526 g/mol. The number of nitrogens with zero attached hydrogens (tertiary/aromatic N) is 3. The Bertz CT molecular complexity index is 1320. The minimum Gasteiger partial charge on any atom is -0.497 e. The van der Waals surface area contributed by atoms with Crippen molar-refractivity contribution in [3.8, 4) is 5.75 Å². The summed E-state index contributed by atoms with van der Waals surface area (Å²) in [6.45, 7) is 2.23. The predicted molar refractivity (Wildman–Crippen MR) is 146 cm³/mol. The van der Waals surface area contributed by atoms with Crippen LogP contribution in [0.25, 0.3) is 0 Å². The van der Waals surface area contributed by atoms with E-state index in [1.54, 1.807) is 49.9 Å². The lowest BCUT2D eigenvalue weighted by molar-refractivity contribution is -0.113. The van der Waals surface area contributed by atoms with Crippen LogP contribution in [0.2, 0.25) is 0 Å².